The Morgan fingerprint density at radius 2 is 0.513 bits per heavy atom. The van der Waals surface area contributed by atoms with Gasteiger partial charge in [-0.15, -0.1) is 0 Å². The van der Waals surface area contributed by atoms with Crippen molar-refractivity contribution in [2.75, 3.05) is 13.2 Å². The summed E-state index contributed by atoms with van der Waals surface area (Å²) in [7, 11) is 0. The molecule has 0 saturated heterocycles. The van der Waals surface area contributed by atoms with E-state index in [1.54, 1.807) is 0 Å². The molecule has 0 bridgehead atoms. The lowest BCUT2D eigenvalue weighted by molar-refractivity contribution is -0.167. The Morgan fingerprint density at radius 3 is 0.803 bits per heavy atom. The zero-order valence-electron chi connectivity index (χ0n) is 50.5. The number of allylic oxidation sites excluding steroid dienone is 12. The van der Waals surface area contributed by atoms with Crippen LogP contribution in [0.4, 0.5) is 0 Å². The molecule has 0 rings (SSSR count). The standard InChI is InChI=1S/C70H124O6/c1-4-7-10-13-16-18-20-22-24-26-28-30-31-32-33-34-35-36-37-38-39-41-42-44-46-48-50-52-54-57-60-63-69(72)75-66-67(65-74-68(71)62-59-56-15-12-9-6-3)76-70(73)64-61-58-55-53-51-49-47-45-43-40-29-27-25-23-21-19-17-14-11-8-5-2/h8,11,17,19-20,22-23,25-26,28-29,40,67H,4-7,9-10,12-16,18,21,24,27,30-39,41-66H2,1-3H3/b11-8-,19-17-,22-20-,25-23-,28-26-,40-29-. The fraction of sp³-hybridized carbons (Fsp3) is 0.786. The molecule has 0 spiro atoms. The summed E-state index contributed by atoms with van der Waals surface area (Å²) in [4.78, 5) is 38.0. The van der Waals surface area contributed by atoms with E-state index in [1.807, 2.05) is 0 Å². The minimum absolute atomic E-state index is 0.0754. The zero-order chi connectivity index (χ0) is 55.0. The Morgan fingerprint density at radius 1 is 0.276 bits per heavy atom. The lowest BCUT2D eigenvalue weighted by Crippen LogP contribution is -2.30. The molecule has 76 heavy (non-hydrogen) atoms. The second-order valence-electron chi connectivity index (χ2n) is 22.0. The van der Waals surface area contributed by atoms with Crippen LogP contribution < -0.4 is 0 Å². The van der Waals surface area contributed by atoms with Crippen LogP contribution in [0.25, 0.3) is 0 Å². The molecule has 0 aliphatic heterocycles. The van der Waals surface area contributed by atoms with Gasteiger partial charge >= 0.3 is 17.9 Å². The highest BCUT2D eigenvalue weighted by Gasteiger charge is 2.19. The molecule has 0 fully saturated rings. The molecule has 0 aliphatic carbocycles. The normalized spacial score (nSPS) is 12.5. The number of carbonyl (C=O) groups excluding carboxylic acids is 3. The molecule has 6 nitrogen and oxygen atoms in total. The molecular formula is C70H124O6. The lowest BCUT2D eigenvalue weighted by Gasteiger charge is -2.18. The van der Waals surface area contributed by atoms with Crippen molar-refractivity contribution in [2.45, 2.75) is 341 Å². The minimum Gasteiger partial charge on any atom is -0.462 e. The molecule has 6 heteroatoms. The predicted octanol–water partition coefficient (Wildman–Crippen LogP) is 22.5. The van der Waals surface area contributed by atoms with Crippen molar-refractivity contribution in [1.82, 2.24) is 0 Å². The third-order valence-corrected chi connectivity index (χ3v) is 14.4. The number of ether oxygens (including phenoxy) is 3. The van der Waals surface area contributed by atoms with Gasteiger partial charge in [0.25, 0.3) is 0 Å². The van der Waals surface area contributed by atoms with Crippen molar-refractivity contribution >= 4 is 17.9 Å². The molecule has 1 unspecified atom stereocenters. The molecule has 0 aliphatic rings. The van der Waals surface area contributed by atoms with Crippen LogP contribution in [0.3, 0.4) is 0 Å². The van der Waals surface area contributed by atoms with Crippen molar-refractivity contribution < 1.29 is 28.6 Å². The third-order valence-electron chi connectivity index (χ3n) is 14.4. The van der Waals surface area contributed by atoms with Gasteiger partial charge in [-0.25, -0.2) is 0 Å². The van der Waals surface area contributed by atoms with Crippen molar-refractivity contribution in [3.63, 3.8) is 0 Å². The van der Waals surface area contributed by atoms with E-state index in [0.717, 1.165) is 96.3 Å². The highest BCUT2D eigenvalue weighted by Crippen LogP contribution is 2.17. The maximum absolute atomic E-state index is 12.8. The smallest absolute Gasteiger partial charge is 0.306 e. The van der Waals surface area contributed by atoms with Gasteiger partial charge in [0, 0.05) is 19.3 Å². The van der Waals surface area contributed by atoms with Gasteiger partial charge in [0.1, 0.15) is 13.2 Å². The first-order valence-corrected chi connectivity index (χ1v) is 32.9. The van der Waals surface area contributed by atoms with Crippen LogP contribution >= 0.6 is 0 Å². The molecule has 0 amide bonds. The van der Waals surface area contributed by atoms with Gasteiger partial charge in [-0.1, -0.05) is 299 Å². The first-order valence-electron chi connectivity index (χ1n) is 32.9. The molecule has 0 saturated carbocycles. The summed E-state index contributed by atoms with van der Waals surface area (Å²) in [5.41, 5.74) is 0. The number of unbranched alkanes of at least 4 members (excludes halogenated alkanes) is 37. The van der Waals surface area contributed by atoms with Gasteiger partial charge in [0.05, 0.1) is 0 Å². The second kappa shape index (κ2) is 64.4. The summed E-state index contributed by atoms with van der Waals surface area (Å²) in [5.74, 6) is -0.879. The second-order valence-corrected chi connectivity index (χ2v) is 22.0. The number of hydrogen-bond acceptors (Lipinski definition) is 6. The van der Waals surface area contributed by atoms with Crippen LogP contribution in [-0.2, 0) is 28.6 Å². The molecule has 1 atom stereocenters. The zero-order valence-corrected chi connectivity index (χ0v) is 50.5. The first kappa shape index (κ1) is 72.8. The first-order chi connectivity index (χ1) is 37.5. The van der Waals surface area contributed by atoms with Gasteiger partial charge in [0.2, 0.25) is 0 Å². The maximum Gasteiger partial charge on any atom is 0.306 e. The van der Waals surface area contributed by atoms with E-state index in [2.05, 4.69) is 93.7 Å². The molecule has 0 aromatic heterocycles. The number of hydrogen-bond donors (Lipinski definition) is 0. The molecule has 0 N–H and O–H groups in total. The Kier molecular flexibility index (Phi) is 61.7. The topological polar surface area (TPSA) is 78.9 Å². The summed E-state index contributed by atoms with van der Waals surface area (Å²) < 4.78 is 16.8. The van der Waals surface area contributed by atoms with E-state index in [0.29, 0.717) is 19.3 Å². The highest BCUT2D eigenvalue weighted by atomic mass is 16.6. The van der Waals surface area contributed by atoms with Crippen LogP contribution in [-0.4, -0.2) is 37.2 Å². The van der Waals surface area contributed by atoms with Crippen molar-refractivity contribution in [1.29, 1.82) is 0 Å². The maximum atomic E-state index is 12.8. The van der Waals surface area contributed by atoms with Crippen LogP contribution in [0, 0.1) is 0 Å². The van der Waals surface area contributed by atoms with Gasteiger partial charge < -0.3 is 14.2 Å². The van der Waals surface area contributed by atoms with E-state index in [9.17, 15) is 14.4 Å². The lowest BCUT2D eigenvalue weighted by atomic mass is 10.0. The summed E-state index contributed by atoms with van der Waals surface area (Å²) in [6.07, 6.45) is 83.9. The van der Waals surface area contributed by atoms with Crippen molar-refractivity contribution in [2.24, 2.45) is 0 Å². The minimum atomic E-state index is -0.776. The SMILES string of the molecule is CC/C=C\C/C=C\C/C=C\C/C=C\CCCCCCCCCCC(=O)OC(COC(=O)CCCCCCCC)COC(=O)CCCCCCCCCCCCCCCCCCCCC/C=C\C/C=C\CCCCCCC. The van der Waals surface area contributed by atoms with Crippen LogP contribution in [0.5, 0.6) is 0 Å². The summed E-state index contributed by atoms with van der Waals surface area (Å²) in [6.45, 7) is 6.49. The van der Waals surface area contributed by atoms with E-state index in [4.69, 9.17) is 14.2 Å². The van der Waals surface area contributed by atoms with Gasteiger partial charge in [-0.3, -0.25) is 14.4 Å². The highest BCUT2D eigenvalue weighted by molar-refractivity contribution is 5.71. The Balaban J connectivity index is 4.01. The van der Waals surface area contributed by atoms with E-state index >= 15 is 0 Å². The molecule has 0 aromatic carbocycles. The quantitative estimate of drug-likeness (QED) is 0.0261. The summed E-state index contributed by atoms with van der Waals surface area (Å²) >= 11 is 0. The van der Waals surface area contributed by atoms with E-state index in [1.165, 1.54) is 199 Å². The van der Waals surface area contributed by atoms with Gasteiger partial charge in [-0.2, -0.15) is 0 Å². The third kappa shape index (κ3) is 61.7. The largest absolute Gasteiger partial charge is 0.462 e. The molecule has 0 aromatic rings. The molecular weight excluding hydrogens is 937 g/mol. The molecule has 0 heterocycles. The van der Waals surface area contributed by atoms with Crippen molar-refractivity contribution in [3.8, 4) is 0 Å². The van der Waals surface area contributed by atoms with Crippen LogP contribution in [0.1, 0.15) is 335 Å². The summed E-state index contributed by atoms with van der Waals surface area (Å²) in [5, 5.41) is 0. The summed E-state index contributed by atoms with van der Waals surface area (Å²) in [6, 6.07) is 0. The predicted molar refractivity (Wildman–Crippen MR) is 330 cm³/mol. The van der Waals surface area contributed by atoms with Gasteiger partial charge in [-0.05, 0) is 89.9 Å². The monoisotopic (exact) mass is 1060 g/mol. The Hall–Kier alpha value is -3.15. The van der Waals surface area contributed by atoms with Gasteiger partial charge in [0.15, 0.2) is 6.10 Å². The van der Waals surface area contributed by atoms with Crippen LogP contribution in [0.2, 0.25) is 0 Å². The number of esters is 3. The molecule has 440 valence electrons. The number of rotatable bonds is 60. The van der Waals surface area contributed by atoms with Crippen LogP contribution in [0.15, 0.2) is 72.9 Å². The van der Waals surface area contributed by atoms with E-state index in [-0.39, 0.29) is 31.1 Å². The average molecular weight is 1060 g/mol. The average Bonchev–Trinajstić information content (AvgIpc) is 3.42. The fourth-order valence-electron chi connectivity index (χ4n) is 9.53. The number of carbonyl (C=O) groups is 3. The van der Waals surface area contributed by atoms with Crippen molar-refractivity contribution in [3.05, 3.63) is 72.9 Å². The fourth-order valence-corrected chi connectivity index (χ4v) is 9.53. The Labute approximate surface area is 472 Å². The van der Waals surface area contributed by atoms with E-state index < -0.39 is 6.10 Å². The Bertz CT molecular complexity index is 1400. The molecule has 0 radical (unpaired) electrons.